The van der Waals surface area contributed by atoms with Crippen molar-refractivity contribution in [1.82, 2.24) is 26.2 Å². The Hall–Kier alpha value is -3.70. The molecule has 5 N–H and O–H groups in total. The monoisotopic (exact) mass is 607 g/mol. The number of carboxylic acid groups (broad SMARTS) is 1. The first-order valence-electron chi connectivity index (χ1n) is 15.0. The number of aliphatic carboxylic acids is 1. The summed E-state index contributed by atoms with van der Waals surface area (Å²) in [6, 6.07) is -2.93. The maximum atomic E-state index is 12.7. The van der Waals surface area contributed by atoms with Crippen LogP contribution in [0.3, 0.4) is 0 Å². The topological polar surface area (TPSA) is 174 Å². The Bertz CT molecular complexity index is 1040. The molecule has 244 valence electrons. The summed E-state index contributed by atoms with van der Waals surface area (Å²) < 4.78 is 0. The number of allylic oxidation sites excluding steroid dienone is 3. The largest absolute Gasteiger partial charge is 0.480 e. The van der Waals surface area contributed by atoms with E-state index in [1.54, 1.807) is 13.8 Å². The van der Waals surface area contributed by atoms with Crippen molar-refractivity contribution in [3.8, 4) is 0 Å². The molecule has 4 unspecified atom stereocenters. The van der Waals surface area contributed by atoms with Crippen molar-refractivity contribution < 1.29 is 33.9 Å². The van der Waals surface area contributed by atoms with Crippen LogP contribution in [0.2, 0.25) is 0 Å². The summed E-state index contributed by atoms with van der Waals surface area (Å²) in [5.74, 6) is -3.32. The summed E-state index contributed by atoms with van der Waals surface area (Å²) in [5, 5.41) is 19.2. The molecule has 0 aliphatic heterocycles. The highest BCUT2D eigenvalue weighted by atomic mass is 16.4. The smallest absolute Gasteiger partial charge is 0.325 e. The van der Waals surface area contributed by atoms with Gasteiger partial charge in [0.15, 0.2) is 0 Å². The molecule has 0 aromatic heterocycles. The molecule has 0 spiro atoms. The molecule has 0 aliphatic rings. The summed E-state index contributed by atoms with van der Waals surface area (Å²) in [5.41, 5.74) is 1.86. The maximum absolute atomic E-state index is 12.7. The van der Waals surface area contributed by atoms with E-state index in [1.165, 1.54) is 31.4 Å². The first-order chi connectivity index (χ1) is 20.0. The molecule has 5 amide bonds. The summed E-state index contributed by atoms with van der Waals surface area (Å²) >= 11 is 0. The number of carbonyl (C=O) groups is 6. The molecule has 12 nitrogen and oxygen atoms in total. The second-order valence-electron chi connectivity index (χ2n) is 11.4. The van der Waals surface area contributed by atoms with E-state index in [0.29, 0.717) is 17.9 Å². The fourth-order valence-electron chi connectivity index (χ4n) is 4.12. The zero-order chi connectivity index (χ0) is 33.3. The molecule has 0 saturated carbocycles. The third-order valence-corrected chi connectivity index (χ3v) is 7.38. The molecular weight excluding hydrogens is 554 g/mol. The van der Waals surface area contributed by atoms with Gasteiger partial charge in [-0.1, -0.05) is 44.9 Å². The Balaban J connectivity index is 4.72. The number of likely N-dealkylation sites (N-methyl/N-ethyl adjacent to an activating group) is 1. The Morgan fingerprint density at radius 3 is 2.09 bits per heavy atom. The van der Waals surface area contributed by atoms with Crippen molar-refractivity contribution in [3.63, 3.8) is 0 Å². The van der Waals surface area contributed by atoms with Gasteiger partial charge in [0.2, 0.25) is 29.5 Å². The number of nitrogens with one attached hydrogen (secondary N) is 4. The molecule has 0 fully saturated rings. The van der Waals surface area contributed by atoms with Gasteiger partial charge in [-0.05, 0) is 65.7 Å². The number of nitrogens with zero attached hydrogens (tertiary/aromatic N) is 1. The molecule has 43 heavy (non-hydrogen) atoms. The summed E-state index contributed by atoms with van der Waals surface area (Å²) in [6.07, 6.45) is 7.15. The molecule has 0 aromatic rings. The first-order valence-corrected chi connectivity index (χ1v) is 15.0. The standard InChI is InChI=1S/C31H53N5O7/c1-10-19(3)17-20(4)13-12-14-22(6)28(39)32-18-26(38)33-23(7)30(41)36(9)16-15-25(37)35-27(21(5)11-2)29(40)34-24(8)31(42)43/h10,14,20-21,23-24,27H,11-13,15-18H2,1-9H3,(H,32,39)(H,33,38)(H,34,40)(H,35,37)(H,42,43)/b19-10+,22-14+/t20?,21?,23?,24-,27?/m1/s1. The molecular formula is C31H53N5O7. The van der Waals surface area contributed by atoms with Crippen molar-refractivity contribution in [2.75, 3.05) is 20.1 Å². The molecule has 0 aromatic carbocycles. The van der Waals surface area contributed by atoms with Gasteiger partial charge < -0.3 is 31.3 Å². The van der Waals surface area contributed by atoms with Crippen molar-refractivity contribution in [1.29, 1.82) is 0 Å². The van der Waals surface area contributed by atoms with Crippen LogP contribution in [0, 0.1) is 11.8 Å². The molecule has 0 heterocycles. The lowest BCUT2D eigenvalue weighted by atomic mass is 9.96. The Labute approximate surface area is 256 Å². The SMILES string of the molecule is C/C=C(\C)CC(C)CC/C=C(\C)C(=O)NCC(=O)NC(C)C(=O)N(C)CCC(=O)NC(C(=O)N[C@H](C)C(=O)O)C(C)CC. The summed E-state index contributed by atoms with van der Waals surface area (Å²) in [4.78, 5) is 74.9. The van der Waals surface area contributed by atoms with Gasteiger partial charge in [0.1, 0.15) is 18.1 Å². The van der Waals surface area contributed by atoms with E-state index in [1.807, 2.05) is 19.9 Å². The van der Waals surface area contributed by atoms with Crippen LogP contribution in [0.1, 0.15) is 87.5 Å². The van der Waals surface area contributed by atoms with Crippen LogP contribution in [0.5, 0.6) is 0 Å². The third-order valence-electron chi connectivity index (χ3n) is 7.38. The fourth-order valence-corrected chi connectivity index (χ4v) is 4.12. The van der Waals surface area contributed by atoms with Gasteiger partial charge in [-0.3, -0.25) is 28.8 Å². The number of hydrogen-bond donors (Lipinski definition) is 5. The number of rotatable bonds is 19. The van der Waals surface area contributed by atoms with Crippen LogP contribution in [-0.2, 0) is 28.8 Å². The van der Waals surface area contributed by atoms with E-state index in [4.69, 9.17) is 5.11 Å². The second kappa shape index (κ2) is 20.2. The van der Waals surface area contributed by atoms with Crippen LogP contribution >= 0.6 is 0 Å². The highest BCUT2D eigenvalue weighted by Crippen LogP contribution is 2.17. The molecule has 0 radical (unpaired) electrons. The number of hydrogen-bond acceptors (Lipinski definition) is 6. The van der Waals surface area contributed by atoms with Crippen molar-refractivity contribution in [3.05, 3.63) is 23.3 Å². The normalized spacial score (nSPS) is 15.3. The van der Waals surface area contributed by atoms with E-state index < -0.39 is 47.7 Å². The van der Waals surface area contributed by atoms with E-state index in [0.717, 1.165) is 19.3 Å². The minimum atomic E-state index is -1.19. The first kappa shape index (κ1) is 39.3. The highest BCUT2D eigenvalue weighted by Gasteiger charge is 2.28. The van der Waals surface area contributed by atoms with E-state index in [-0.39, 0.29) is 31.3 Å². The van der Waals surface area contributed by atoms with Crippen LogP contribution in [0.25, 0.3) is 0 Å². The lowest BCUT2D eigenvalue weighted by Crippen LogP contribution is -2.54. The third kappa shape index (κ3) is 15.9. The van der Waals surface area contributed by atoms with Crippen LogP contribution in [0.15, 0.2) is 23.3 Å². The summed E-state index contributed by atoms with van der Waals surface area (Å²) in [6.45, 7) is 14.2. The predicted molar refractivity (Wildman–Crippen MR) is 166 cm³/mol. The molecule has 0 rings (SSSR count). The number of carbonyl (C=O) groups excluding carboxylic acids is 5. The number of carboxylic acids is 1. The molecule has 5 atom stereocenters. The quantitative estimate of drug-likeness (QED) is 0.111. The minimum absolute atomic E-state index is 0.0267. The van der Waals surface area contributed by atoms with Crippen molar-refractivity contribution >= 4 is 35.5 Å². The zero-order valence-corrected chi connectivity index (χ0v) is 27.3. The van der Waals surface area contributed by atoms with Crippen LogP contribution in [-0.4, -0.2) is 83.8 Å². The van der Waals surface area contributed by atoms with E-state index in [9.17, 15) is 28.8 Å². The lowest BCUT2D eigenvalue weighted by Gasteiger charge is -2.26. The second-order valence-corrected chi connectivity index (χ2v) is 11.4. The van der Waals surface area contributed by atoms with Gasteiger partial charge in [-0.2, -0.15) is 0 Å². The highest BCUT2D eigenvalue weighted by molar-refractivity contribution is 5.96. The average Bonchev–Trinajstić information content (AvgIpc) is 2.95. The van der Waals surface area contributed by atoms with Gasteiger partial charge in [0.05, 0.1) is 6.54 Å². The fraction of sp³-hybridized carbons (Fsp3) is 0.677. The Morgan fingerprint density at radius 2 is 1.53 bits per heavy atom. The van der Waals surface area contributed by atoms with E-state index in [2.05, 4.69) is 41.2 Å². The van der Waals surface area contributed by atoms with Crippen molar-refractivity contribution in [2.24, 2.45) is 11.8 Å². The van der Waals surface area contributed by atoms with Crippen LogP contribution in [0.4, 0.5) is 0 Å². The van der Waals surface area contributed by atoms with Gasteiger partial charge in [0, 0.05) is 25.6 Å². The van der Waals surface area contributed by atoms with Crippen LogP contribution < -0.4 is 21.3 Å². The van der Waals surface area contributed by atoms with Crippen molar-refractivity contribution in [2.45, 2.75) is 106 Å². The van der Waals surface area contributed by atoms with Gasteiger partial charge in [-0.15, -0.1) is 0 Å². The number of amides is 5. The summed E-state index contributed by atoms with van der Waals surface area (Å²) in [7, 11) is 1.49. The van der Waals surface area contributed by atoms with Gasteiger partial charge >= 0.3 is 5.97 Å². The predicted octanol–water partition coefficient (Wildman–Crippen LogP) is 2.29. The van der Waals surface area contributed by atoms with Gasteiger partial charge in [-0.25, -0.2) is 0 Å². The molecule has 0 bridgehead atoms. The lowest BCUT2D eigenvalue weighted by molar-refractivity contribution is -0.142. The Kier molecular flexibility index (Phi) is 18.5. The molecule has 12 heteroatoms. The average molecular weight is 608 g/mol. The van der Waals surface area contributed by atoms with Gasteiger partial charge in [0.25, 0.3) is 0 Å². The van der Waals surface area contributed by atoms with E-state index >= 15 is 0 Å². The molecule has 0 aliphatic carbocycles. The zero-order valence-electron chi connectivity index (χ0n) is 27.3. The Morgan fingerprint density at radius 1 is 0.907 bits per heavy atom. The minimum Gasteiger partial charge on any atom is -0.480 e. The molecule has 0 saturated heterocycles. The maximum Gasteiger partial charge on any atom is 0.325 e.